The summed E-state index contributed by atoms with van der Waals surface area (Å²) in [4.78, 5) is 31.0. The average Bonchev–Trinajstić information content (AvgIpc) is 2.60. The van der Waals surface area contributed by atoms with E-state index < -0.39 is 17.4 Å². The lowest BCUT2D eigenvalue weighted by Crippen LogP contribution is -2.60. The van der Waals surface area contributed by atoms with Crippen LogP contribution in [0.1, 0.15) is 19.4 Å². The van der Waals surface area contributed by atoms with Gasteiger partial charge in [0.15, 0.2) is 11.6 Å². The second kappa shape index (κ2) is 5.96. The zero-order valence-corrected chi connectivity index (χ0v) is 13.9. The van der Waals surface area contributed by atoms with E-state index in [2.05, 4.69) is 10.3 Å². The standard InChI is InChI=1S/C18H19N3O3/c1-4-12-8-5-6-9-13(12)20-16(22)18(2)17(23)21(3)15-14(24-18)10-7-11-19-15/h5-11H,4H2,1-3H3,(H,20,22)/t18-/m0/s1. The third-order valence-electron chi connectivity index (χ3n) is 4.18. The van der Waals surface area contributed by atoms with Crippen molar-refractivity contribution < 1.29 is 14.3 Å². The van der Waals surface area contributed by atoms with Crippen LogP contribution in [0.2, 0.25) is 0 Å². The van der Waals surface area contributed by atoms with Gasteiger partial charge in [0, 0.05) is 18.9 Å². The van der Waals surface area contributed by atoms with Gasteiger partial charge in [-0.2, -0.15) is 0 Å². The molecule has 1 aliphatic heterocycles. The van der Waals surface area contributed by atoms with Crippen molar-refractivity contribution >= 4 is 23.3 Å². The summed E-state index contributed by atoms with van der Waals surface area (Å²) in [5, 5.41) is 2.82. The van der Waals surface area contributed by atoms with Crippen molar-refractivity contribution in [1.82, 2.24) is 4.98 Å². The van der Waals surface area contributed by atoms with Crippen LogP contribution >= 0.6 is 0 Å². The van der Waals surface area contributed by atoms with Crippen LogP contribution < -0.4 is 15.0 Å². The van der Waals surface area contributed by atoms with Gasteiger partial charge in [-0.1, -0.05) is 25.1 Å². The van der Waals surface area contributed by atoms with E-state index in [0.717, 1.165) is 12.0 Å². The van der Waals surface area contributed by atoms with E-state index in [9.17, 15) is 9.59 Å². The second-order valence-corrected chi connectivity index (χ2v) is 5.79. The van der Waals surface area contributed by atoms with Gasteiger partial charge in [0.1, 0.15) is 0 Å². The Kier molecular flexibility index (Phi) is 3.97. The van der Waals surface area contributed by atoms with Crippen LogP contribution in [0.25, 0.3) is 0 Å². The minimum Gasteiger partial charge on any atom is -0.464 e. The number of rotatable bonds is 3. The molecular weight excluding hydrogens is 306 g/mol. The highest BCUT2D eigenvalue weighted by Gasteiger charge is 2.50. The van der Waals surface area contributed by atoms with E-state index in [0.29, 0.717) is 17.3 Å². The van der Waals surface area contributed by atoms with Crippen molar-refractivity contribution in [1.29, 1.82) is 0 Å². The maximum Gasteiger partial charge on any atom is 0.281 e. The number of amides is 2. The molecule has 0 unspecified atom stereocenters. The van der Waals surface area contributed by atoms with Crippen molar-refractivity contribution in [2.24, 2.45) is 0 Å². The number of ether oxygens (including phenoxy) is 1. The molecule has 2 aromatic rings. The van der Waals surface area contributed by atoms with E-state index in [1.54, 1.807) is 25.4 Å². The number of aryl methyl sites for hydroxylation is 1. The summed E-state index contributed by atoms with van der Waals surface area (Å²) in [6, 6.07) is 10.9. The first-order valence-corrected chi connectivity index (χ1v) is 7.79. The van der Waals surface area contributed by atoms with Crippen LogP contribution in [0.5, 0.6) is 5.75 Å². The van der Waals surface area contributed by atoms with Gasteiger partial charge in [-0.15, -0.1) is 0 Å². The number of aromatic nitrogens is 1. The van der Waals surface area contributed by atoms with E-state index in [1.807, 2.05) is 31.2 Å². The fraction of sp³-hybridized carbons (Fsp3) is 0.278. The number of hydrogen-bond acceptors (Lipinski definition) is 4. The van der Waals surface area contributed by atoms with Gasteiger partial charge in [0.05, 0.1) is 0 Å². The molecule has 2 amide bonds. The number of carbonyl (C=O) groups is 2. The van der Waals surface area contributed by atoms with Gasteiger partial charge in [-0.3, -0.25) is 14.5 Å². The molecule has 1 aromatic carbocycles. The molecule has 0 fully saturated rings. The van der Waals surface area contributed by atoms with E-state index >= 15 is 0 Å². The van der Waals surface area contributed by atoms with E-state index in [-0.39, 0.29) is 0 Å². The third kappa shape index (κ3) is 2.50. The Morgan fingerprint density at radius 3 is 2.79 bits per heavy atom. The molecule has 1 aromatic heterocycles. The van der Waals surface area contributed by atoms with Gasteiger partial charge in [-0.25, -0.2) is 4.98 Å². The van der Waals surface area contributed by atoms with Crippen LogP contribution in [-0.2, 0) is 16.0 Å². The van der Waals surface area contributed by atoms with Crippen LogP contribution in [0.3, 0.4) is 0 Å². The largest absolute Gasteiger partial charge is 0.464 e. The smallest absolute Gasteiger partial charge is 0.281 e. The van der Waals surface area contributed by atoms with Crippen molar-refractivity contribution in [2.45, 2.75) is 25.9 Å². The van der Waals surface area contributed by atoms with Gasteiger partial charge in [-0.05, 0) is 37.1 Å². The first kappa shape index (κ1) is 16.0. The molecule has 0 spiro atoms. The summed E-state index contributed by atoms with van der Waals surface area (Å²) >= 11 is 0. The summed E-state index contributed by atoms with van der Waals surface area (Å²) in [6.45, 7) is 3.48. The number of likely N-dealkylation sites (N-methyl/N-ethyl adjacent to an activating group) is 1. The first-order chi connectivity index (χ1) is 11.5. The Morgan fingerprint density at radius 1 is 1.29 bits per heavy atom. The lowest BCUT2D eigenvalue weighted by atomic mass is 10.0. The molecule has 0 saturated carbocycles. The van der Waals surface area contributed by atoms with Crippen molar-refractivity contribution in [2.75, 3.05) is 17.3 Å². The molecule has 6 heteroatoms. The molecule has 2 heterocycles. The number of benzene rings is 1. The van der Waals surface area contributed by atoms with Gasteiger partial charge in [0.25, 0.3) is 17.4 Å². The molecule has 6 nitrogen and oxygen atoms in total. The van der Waals surface area contributed by atoms with Crippen molar-refractivity contribution in [3.05, 3.63) is 48.2 Å². The molecule has 0 saturated heterocycles. The molecule has 124 valence electrons. The minimum absolute atomic E-state index is 0.404. The predicted molar refractivity (Wildman–Crippen MR) is 91.1 cm³/mol. The van der Waals surface area contributed by atoms with Gasteiger partial charge in [0.2, 0.25) is 0 Å². The number of fused-ring (bicyclic) bond motifs is 1. The molecule has 1 atom stereocenters. The van der Waals surface area contributed by atoms with Crippen LogP contribution in [0, 0.1) is 0 Å². The maximum atomic E-state index is 12.8. The Balaban J connectivity index is 1.93. The quantitative estimate of drug-likeness (QED) is 0.880. The number of anilines is 2. The lowest BCUT2D eigenvalue weighted by Gasteiger charge is -2.37. The molecular formula is C18H19N3O3. The van der Waals surface area contributed by atoms with Crippen LogP contribution in [0.15, 0.2) is 42.6 Å². The summed E-state index contributed by atoms with van der Waals surface area (Å²) < 4.78 is 5.74. The Labute approximate surface area is 140 Å². The number of nitrogens with one attached hydrogen (secondary N) is 1. The van der Waals surface area contributed by atoms with Gasteiger partial charge < -0.3 is 10.1 Å². The highest BCUT2D eigenvalue weighted by molar-refractivity contribution is 6.19. The summed E-state index contributed by atoms with van der Waals surface area (Å²) in [6.07, 6.45) is 2.35. The molecule has 1 aliphatic rings. The molecule has 1 N–H and O–H groups in total. The normalized spacial score (nSPS) is 19.5. The minimum atomic E-state index is -1.65. The third-order valence-corrected chi connectivity index (χ3v) is 4.18. The molecule has 0 radical (unpaired) electrons. The summed E-state index contributed by atoms with van der Waals surface area (Å²) in [5.74, 6) is -0.155. The fourth-order valence-electron chi connectivity index (χ4n) is 2.73. The Hall–Kier alpha value is -2.89. The van der Waals surface area contributed by atoms with E-state index in [1.165, 1.54) is 11.8 Å². The lowest BCUT2D eigenvalue weighted by molar-refractivity contribution is -0.145. The van der Waals surface area contributed by atoms with Crippen molar-refractivity contribution in [3.8, 4) is 5.75 Å². The topological polar surface area (TPSA) is 71.5 Å². The predicted octanol–water partition coefficient (Wildman–Crippen LogP) is 2.40. The number of carbonyl (C=O) groups excluding carboxylic acids is 2. The molecule has 0 aliphatic carbocycles. The number of hydrogen-bond donors (Lipinski definition) is 1. The van der Waals surface area contributed by atoms with Crippen molar-refractivity contribution in [3.63, 3.8) is 0 Å². The molecule has 0 bridgehead atoms. The number of pyridine rings is 1. The second-order valence-electron chi connectivity index (χ2n) is 5.79. The Morgan fingerprint density at radius 2 is 2.04 bits per heavy atom. The number of nitrogens with zero attached hydrogens (tertiary/aromatic N) is 2. The van der Waals surface area contributed by atoms with Gasteiger partial charge >= 0.3 is 0 Å². The first-order valence-electron chi connectivity index (χ1n) is 7.79. The SMILES string of the molecule is CCc1ccccc1NC(=O)[C@]1(C)Oc2cccnc2N(C)C1=O. The summed E-state index contributed by atoms with van der Waals surface area (Å²) in [5.41, 5.74) is 0.0291. The zero-order valence-electron chi connectivity index (χ0n) is 13.9. The zero-order chi connectivity index (χ0) is 17.3. The fourth-order valence-corrected chi connectivity index (χ4v) is 2.73. The highest BCUT2D eigenvalue weighted by atomic mass is 16.5. The Bertz CT molecular complexity index is 806. The molecule has 3 rings (SSSR count). The molecule has 24 heavy (non-hydrogen) atoms. The average molecular weight is 325 g/mol. The monoisotopic (exact) mass is 325 g/mol. The highest BCUT2D eigenvalue weighted by Crippen LogP contribution is 2.35. The maximum absolute atomic E-state index is 12.8. The van der Waals surface area contributed by atoms with Crippen LogP contribution in [0.4, 0.5) is 11.5 Å². The number of para-hydroxylation sites is 1. The van der Waals surface area contributed by atoms with E-state index in [4.69, 9.17) is 4.74 Å². The van der Waals surface area contributed by atoms with Crippen LogP contribution in [-0.4, -0.2) is 29.4 Å². The summed E-state index contributed by atoms with van der Waals surface area (Å²) in [7, 11) is 1.59.